The Kier molecular flexibility index (Phi) is 1.21. The van der Waals surface area contributed by atoms with Gasteiger partial charge in [0.25, 0.3) is 0 Å². The standard InChI is InChI=1S/C12H10N/c1-13-7-6-11-10-5-3-2-4-9(10)8-12(11)13/h2-5,7H,8H2,1H3. The molecule has 2 aromatic rings. The molecular weight excluding hydrogens is 158 g/mol. The molecule has 0 bridgehead atoms. The van der Waals surface area contributed by atoms with E-state index in [4.69, 9.17) is 0 Å². The third kappa shape index (κ3) is 0.816. The molecule has 1 heterocycles. The number of aryl methyl sites for hydroxylation is 1. The summed E-state index contributed by atoms with van der Waals surface area (Å²) in [6, 6.07) is 11.9. The Balaban J connectivity index is 2.32. The van der Waals surface area contributed by atoms with Gasteiger partial charge in [0.1, 0.15) is 0 Å². The topological polar surface area (TPSA) is 4.93 Å². The third-order valence-electron chi connectivity index (χ3n) is 2.76. The lowest BCUT2D eigenvalue weighted by molar-refractivity contribution is 0.860. The molecule has 0 N–H and O–H groups in total. The highest BCUT2D eigenvalue weighted by Gasteiger charge is 2.19. The van der Waals surface area contributed by atoms with Gasteiger partial charge in [0.2, 0.25) is 0 Å². The maximum absolute atomic E-state index is 3.31. The first kappa shape index (κ1) is 6.96. The van der Waals surface area contributed by atoms with Crippen LogP contribution in [0.1, 0.15) is 11.3 Å². The minimum atomic E-state index is 1.06. The Morgan fingerprint density at radius 3 is 3.08 bits per heavy atom. The number of nitrogens with zero attached hydrogens (tertiary/aromatic N) is 1. The summed E-state index contributed by atoms with van der Waals surface area (Å²) >= 11 is 0. The summed E-state index contributed by atoms with van der Waals surface area (Å²) in [6.07, 6.45) is 3.08. The summed E-state index contributed by atoms with van der Waals surface area (Å²) in [7, 11) is 2.08. The van der Waals surface area contributed by atoms with E-state index in [9.17, 15) is 0 Å². The molecule has 1 aliphatic carbocycles. The van der Waals surface area contributed by atoms with Crippen molar-refractivity contribution in [3.8, 4) is 11.1 Å². The molecule has 63 valence electrons. The fourth-order valence-electron chi connectivity index (χ4n) is 2.04. The first-order valence-corrected chi connectivity index (χ1v) is 4.50. The van der Waals surface area contributed by atoms with Crippen LogP contribution in [0.4, 0.5) is 0 Å². The summed E-state index contributed by atoms with van der Waals surface area (Å²) in [4.78, 5) is 0. The lowest BCUT2D eigenvalue weighted by Crippen LogP contribution is -1.91. The molecule has 0 spiro atoms. The minimum absolute atomic E-state index is 1.06. The molecule has 0 fully saturated rings. The SMILES string of the molecule is Cn1c[c]c2c1Cc1ccccc1-2. The van der Waals surface area contributed by atoms with Crippen LogP contribution in [0.15, 0.2) is 30.5 Å². The van der Waals surface area contributed by atoms with E-state index in [1.165, 1.54) is 22.4 Å². The van der Waals surface area contributed by atoms with E-state index >= 15 is 0 Å². The van der Waals surface area contributed by atoms with Crippen LogP contribution in [0, 0.1) is 6.07 Å². The summed E-state index contributed by atoms with van der Waals surface area (Å²) < 4.78 is 2.16. The maximum Gasteiger partial charge on any atom is 0.0301 e. The van der Waals surface area contributed by atoms with Crippen LogP contribution in [0.25, 0.3) is 11.1 Å². The molecular formula is C12H10N. The first-order chi connectivity index (χ1) is 6.36. The van der Waals surface area contributed by atoms with Crippen LogP contribution < -0.4 is 0 Å². The fourth-order valence-corrected chi connectivity index (χ4v) is 2.04. The molecule has 0 saturated heterocycles. The lowest BCUT2D eigenvalue weighted by atomic mass is 10.1. The highest BCUT2D eigenvalue weighted by Crippen LogP contribution is 2.35. The van der Waals surface area contributed by atoms with Crippen molar-refractivity contribution in [1.29, 1.82) is 0 Å². The number of aromatic nitrogens is 1. The highest BCUT2D eigenvalue weighted by atomic mass is 14.9. The molecule has 0 aliphatic heterocycles. The summed E-state index contributed by atoms with van der Waals surface area (Å²) in [5, 5.41) is 0. The molecule has 1 nitrogen and oxygen atoms in total. The van der Waals surface area contributed by atoms with Gasteiger partial charge in [0.05, 0.1) is 0 Å². The number of rotatable bonds is 0. The average molecular weight is 168 g/mol. The normalized spacial score (nSPS) is 12.7. The first-order valence-electron chi connectivity index (χ1n) is 4.50. The molecule has 0 atom stereocenters. The number of hydrogen-bond donors (Lipinski definition) is 0. The zero-order valence-electron chi connectivity index (χ0n) is 7.54. The monoisotopic (exact) mass is 168 g/mol. The van der Waals surface area contributed by atoms with Crippen molar-refractivity contribution in [2.24, 2.45) is 7.05 Å². The van der Waals surface area contributed by atoms with Crippen LogP contribution in [0.5, 0.6) is 0 Å². The zero-order chi connectivity index (χ0) is 8.84. The van der Waals surface area contributed by atoms with Gasteiger partial charge in [-0.3, -0.25) is 0 Å². The minimum Gasteiger partial charge on any atom is -0.353 e. The van der Waals surface area contributed by atoms with E-state index in [-0.39, 0.29) is 0 Å². The number of benzene rings is 1. The van der Waals surface area contributed by atoms with E-state index in [1.54, 1.807) is 0 Å². The molecule has 0 amide bonds. The van der Waals surface area contributed by atoms with Gasteiger partial charge < -0.3 is 4.57 Å². The van der Waals surface area contributed by atoms with Crippen LogP contribution in [0.3, 0.4) is 0 Å². The molecule has 1 aromatic carbocycles. The van der Waals surface area contributed by atoms with E-state index in [0.29, 0.717) is 0 Å². The van der Waals surface area contributed by atoms with Crippen molar-refractivity contribution in [3.05, 3.63) is 47.8 Å². The van der Waals surface area contributed by atoms with Crippen molar-refractivity contribution in [2.45, 2.75) is 6.42 Å². The Hall–Kier alpha value is -1.50. The summed E-state index contributed by atoms with van der Waals surface area (Å²) in [5.41, 5.74) is 5.47. The van der Waals surface area contributed by atoms with Gasteiger partial charge in [-0.2, -0.15) is 0 Å². The van der Waals surface area contributed by atoms with Crippen LogP contribution >= 0.6 is 0 Å². The Bertz CT molecular complexity index is 466. The smallest absolute Gasteiger partial charge is 0.0301 e. The number of hydrogen-bond acceptors (Lipinski definition) is 0. The highest BCUT2D eigenvalue weighted by molar-refractivity contribution is 5.75. The summed E-state index contributed by atoms with van der Waals surface area (Å²) in [5.74, 6) is 0. The second kappa shape index (κ2) is 2.25. The van der Waals surface area contributed by atoms with Crippen molar-refractivity contribution in [2.75, 3.05) is 0 Å². The lowest BCUT2D eigenvalue weighted by Gasteiger charge is -1.97. The molecule has 3 rings (SSSR count). The van der Waals surface area contributed by atoms with Gasteiger partial charge in [-0.25, -0.2) is 0 Å². The van der Waals surface area contributed by atoms with Crippen molar-refractivity contribution >= 4 is 0 Å². The van der Waals surface area contributed by atoms with E-state index in [1.807, 2.05) is 6.20 Å². The van der Waals surface area contributed by atoms with Crippen molar-refractivity contribution < 1.29 is 0 Å². The molecule has 13 heavy (non-hydrogen) atoms. The average Bonchev–Trinajstić information content (AvgIpc) is 2.67. The molecule has 0 unspecified atom stereocenters. The van der Waals surface area contributed by atoms with Gasteiger partial charge in [-0.15, -0.1) is 0 Å². The largest absolute Gasteiger partial charge is 0.353 e. The molecule has 1 radical (unpaired) electrons. The Morgan fingerprint density at radius 2 is 2.15 bits per heavy atom. The van der Waals surface area contributed by atoms with Crippen molar-refractivity contribution in [3.63, 3.8) is 0 Å². The van der Waals surface area contributed by atoms with Crippen molar-refractivity contribution in [1.82, 2.24) is 4.57 Å². The van der Waals surface area contributed by atoms with Crippen LogP contribution in [-0.4, -0.2) is 4.57 Å². The van der Waals surface area contributed by atoms with E-state index < -0.39 is 0 Å². The second-order valence-corrected chi connectivity index (χ2v) is 3.54. The molecule has 1 aromatic heterocycles. The van der Waals surface area contributed by atoms with Crippen LogP contribution in [-0.2, 0) is 13.5 Å². The number of fused-ring (bicyclic) bond motifs is 3. The molecule has 0 saturated carbocycles. The molecule has 1 aliphatic rings. The second-order valence-electron chi connectivity index (χ2n) is 3.54. The fraction of sp³-hybridized carbons (Fsp3) is 0.167. The van der Waals surface area contributed by atoms with E-state index in [0.717, 1.165) is 6.42 Å². The maximum atomic E-state index is 3.31. The predicted molar refractivity (Wildman–Crippen MR) is 52.5 cm³/mol. The van der Waals surface area contributed by atoms with Gasteiger partial charge in [-0.1, -0.05) is 24.3 Å². The van der Waals surface area contributed by atoms with Gasteiger partial charge in [0.15, 0.2) is 0 Å². The van der Waals surface area contributed by atoms with E-state index in [2.05, 4.69) is 41.9 Å². The van der Waals surface area contributed by atoms with Crippen LogP contribution in [0.2, 0.25) is 0 Å². The predicted octanol–water partition coefficient (Wildman–Crippen LogP) is 2.40. The van der Waals surface area contributed by atoms with Gasteiger partial charge >= 0.3 is 0 Å². The quantitative estimate of drug-likeness (QED) is 0.485. The Labute approximate surface area is 77.6 Å². The molecule has 1 heteroatoms. The zero-order valence-corrected chi connectivity index (χ0v) is 7.54. The van der Waals surface area contributed by atoms with Gasteiger partial charge in [-0.05, 0) is 11.1 Å². The summed E-state index contributed by atoms with van der Waals surface area (Å²) in [6.45, 7) is 0. The third-order valence-corrected chi connectivity index (χ3v) is 2.76. The van der Waals surface area contributed by atoms with Gasteiger partial charge in [0, 0.05) is 37.0 Å². The Morgan fingerprint density at radius 1 is 1.31 bits per heavy atom.